The third-order valence-corrected chi connectivity index (χ3v) is 4.68. The second-order valence-corrected chi connectivity index (χ2v) is 6.08. The summed E-state index contributed by atoms with van der Waals surface area (Å²) in [4.78, 5) is 20.1. The fraction of sp³-hybridized carbons (Fsp3) is 0.471. The molecule has 0 unspecified atom stereocenters. The third kappa shape index (κ3) is 2.51. The molecule has 2 aliphatic rings. The molecule has 0 bridgehead atoms. The first kappa shape index (κ1) is 13.8. The van der Waals surface area contributed by atoms with Gasteiger partial charge in [0.05, 0.1) is 19.8 Å². The summed E-state index contributed by atoms with van der Waals surface area (Å²) in [6.07, 6.45) is 0.987. The van der Waals surface area contributed by atoms with Gasteiger partial charge in [0.1, 0.15) is 0 Å². The number of benzene rings is 1. The first-order valence-corrected chi connectivity index (χ1v) is 7.97. The van der Waals surface area contributed by atoms with Crippen LogP contribution in [0, 0.1) is 0 Å². The van der Waals surface area contributed by atoms with Crippen LogP contribution in [0.1, 0.15) is 11.3 Å². The number of H-pyrrole nitrogens is 1. The smallest absolute Gasteiger partial charge is 0.236 e. The van der Waals surface area contributed by atoms with Crippen molar-refractivity contribution in [2.24, 2.45) is 0 Å². The first-order valence-electron chi connectivity index (χ1n) is 7.97. The maximum atomic E-state index is 12.4. The van der Waals surface area contributed by atoms with E-state index in [2.05, 4.69) is 34.1 Å². The lowest BCUT2D eigenvalue weighted by Crippen LogP contribution is -2.46. The number of nitrogens with one attached hydrogen (secondary N) is 1. The SMILES string of the molecule is O=C(CN1CCc2[nH]c3ccccc3c2C1)N1CCOCC1. The molecule has 22 heavy (non-hydrogen) atoms. The second-order valence-electron chi connectivity index (χ2n) is 6.08. The Kier molecular flexibility index (Phi) is 3.60. The predicted octanol–water partition coefficient (Wildman–Crippen LogP) is 1.38. The molecule has 0 aliphatic carbocycles. The van der Waals surface area contributed by atoms with Gasteiger partial charge in [-0.15, -0.1) is 0 Å². The van der Waals surface area contributed by atoms with Crippen LogP contribution >= 0.6 is 0 Å². The van der Waals surface area contributed by atoms with Crippen LogP contribution in [0.15, 0.2) is 24.3 Å². The normalized spacial score (nSPS) is 19.4. The van der Waals surface area contributed by atoms with Crippen molar-refractivity contribution in [1.29, 1.82) is 0 Å². The number of aromatic amines is 1. The Hall–Kier alpha value is -1.85. The van der Waals surface area contributed by atoms with Gasteiger partial charge in [-0.3, -0.25) is 9.69 Å². The van der Waals surface area contributed by atoms with E-state index in [1.165, 1.54) is 22.2 Å². The molecule has 5 nitrogen and oxygen atoms in total. The highest BCUT2D eigenvalue weighted by molar-refractivity contribution is 5.85. The monoisotopic (exact) mass is 299 g/mol. The molecule has 0 spiro atoms. The molecule has 2 aromatic rings. The highest BCUT2D eigenvalue weighted by Crippen LogP contribution is 2.27. The summed E-state index contributed by atoms with van der Waals surface area (Å²) in [6.45, 7) is 5.09. The minimum Gasteiger partial charge on any atom is -0.378 e. The fourth-order valence-corrected chi connectivity index (χ4v) is 3.46. The first-order chi connectivity index (χ1) is 10.8. The van der Waals surface area contributed by atoms with Gasteiger partial charge in [0.25, 0.3) is 0 Å². The van der Waals surface area contributed by atoms with Crippen LogP contribution in [0.3, 0.4) is 0 Å². The van der Waals surface area contributed by atoms with Gasteiger partial charge < -0.3 is 14.6 Å². The van der Waals surface area contributed by atoms with Crippen molar-refractivity contribution < 1.29 is 9.53 Å². The number of fused-ring (bicyclic) bond motifs is 3. The number of carbonyl (C=O) groups is 1. The molecule has 2 aliphatic heterocycles. The van der Waals surface area contributed by atoms with Crippen LogP contribution in [0.4, 0.5) is 0 Å². The van der Waals surface area contributed by atoms with Crippen molar-refractivity contribution in [3.63, 3.8) is 0 Å². The van der Waals surface area contributed by atoms with E-state index < -0.39 is 0 Å². The van der Waals surface area contributed by atoms with E-state index in [0.29, 0.717) is 19.8 Å². The van der Waals surface area contributed by atoms with Gasteiger partial charge in [0, 0.05) is 49.2 Å². The van der Waals surface area contributed by atoms with E-state index in [1.807, 2.05) is 4.90 Å². The Balaban J connectivity index is 1.48. The van der Waals surface area contributed by atoms with Crippen LogP contribution in [-0.2, 0) is 22.5 Å². The third-order valence-electron chi connectivity index (χ3n) is 4.68. The van der Waals surface area contributed by atoms with Crippen LogP contribution in [0.2, 0.25) is 0 Å². The number of carbonyl (C=O) groups excluding carboxylic acids is 1. The second kappa shape index (κ2) is 5.74. The molecule has 0 saturated carbocycles. The number of hydrogen-bond acceptors (Lipinski definition) is 3. The van der Waals surface area contributed by atoms with E-state index in [0.717, 1.165) is 32.6 Å². The number of aromatic nitrogens is 1. The number of ether oxygens (including phenoxy) is 1. The fourth-order valence-electron chi connectivity index (χ4n) is 3.46. The zero-order chi connectivity index (χ0) is 14.9. The highest BCUT2D eigenvalue weighted by Gasteiger charge is 2.24. The Morgan fingerprint density at radius 1 is 1.18 bits per heavy atom. The standard InChI is InChI=1S/C17H21N3O2/c21-17(20-7-9-22-10-8-20)12-19-6-5-16-14(11-19)13-3-1-2-4-15(13)18-16/h1-4,18H,5-12H2. The Bertz CT molecular complexity index is 688. The van der Waals surface area contributed by atoms with Gasteiger partial charge in [0.2, 0.25) is 5.91 Å². The molecule has 1 N–H and O–H groups in total. The lowest BCUT2D eigenvalue weighted by atomic mass is 10.0. The molecule has 4 rings (SSSR count). The van der Waals surface area contributed by atoms with E-state index in [1.54, 1.807) is 0 Å². The van der Waals surface area contributed by atoms with Gasteiger partial charge >= 0.3 is 0 Å². The Morgan fingerprint density at radius 3 is 2.86 bits per heavy atom. The average Bonchev–Trinajstić information content (AvgIpc) is 2.94. The van der Waals surface area contributed by atoms with Crippen LogP contribution < -0.4 is 0 Å². The number of nitrogens with zero attached hydrogens (tertiary/aromatic N) is 2. The quantitative estimate of drug-likeness (QED) is 0.911. The molecule has 5 heteroatoms. The van der Waals surface area contributed by atoms with Crippen LogP contribution in [0.5, 0.6) is 0 Å². The van der Waals surface area contributed by atoms with E-state index >= 15 is 0 Å². The summed E-state index contributed by atoms with van der Waals surface area (Å²) in [6, 6.07) is 8.42. The number of para-hydroxylation sites is 1. The van der Waals surface area contributed by atoms with Crippen molar-refractivity contribution in [3.8, 4) is 0 Å². The summed E-state index contributed by atoms with van der Waals surface area (Å²) in [5.74, 6) is 0.228. The highest BCUT2D eigenvalue weighted by atomic mass is 16.5. The minimum absolute atomic E-state index is 0.228. The largest absolute Gasteiger partial charge is 0.378 e. The molecule has 1 amide bonds. The van der Waals surface area contributed by atoms with Gasteiger partial charge in [-0.2, -0.15) is 0 Å². The average molecular weight is 299 g/mol. The van der Waals surface area contributed by atoms with Crippen molar-refractivity contribution >= 4 is 16.8 Å². The lowest BCUT2D eigenvalue weighted by molar-refractivity contribution is -0.136. The van der Waals surface area contributed by atoms with Gasteiger partial charge in [0.15, 0.2) is 0 Å². The topological polar surface area (TPSA) is 48.6 Å². The van der Waals surface area contributed by atoms with Crippen LogP contribution in [-0.4, -0.2) is 60.1 Å². The van der Waals surface area contributed by atoms with Crippen molar-refractivity contribution in [2.45, 2.75) is 13.0 Å². The van der Waals surface area contributed by atoms with Gasteiger partial charge in [-0.1, -0.05) is 18.2 Å². The molecule has 1 aromatic carbocycles. The zero-order valence-corrected chi connectivity index (χ0v) is 12.7. The number of morpholine rings is 1. The van der Waals surface area contributed by atoms with Crippen molar-refractivity contribution in [2.75, 3.05) is 39.4 Å². The summed E-state index contributed by atoms with van der Waals surface area (Å²) in [5.41, 5.74) is 3.89. The maximum absolute atomic E-state index is 12.4. The molecule has 1 fully saturated rings. The molecule has 116 valence electrons. The summed E-state index contributed by atoms with van der Waals surface area (Å²) < 4.78 is 5.31. The molecule has 1 saturated heterocycles. The Morgan fingerprint density at radius 2 is 2.00 bits per heavy atom. The molecule has 0 atom stereocenters. The number of rotatable bonds is 2. The van der Waals surface area contributed by atoms with Gasteiger partial charge in [-0.25, -0.2) is 0 Å². The molecular weight excluding hydrogens is 278 g/mol. The number of amides is 1. The van der Waals surface area contributed by atoms with Crippen LogP contribution in [0.25, 0.3) is 10.9 Å². The van der Waals surface area contributed by atoms with E-state index in [4.69, 9.17) is 4.74 Å². The zero-order valence-electron chi connectivity index (χ0n) is 12.7. The predicted molar refractivity (Wildman–Crippen MR) is 84.7 cm³/mol. The Labute approximate surface area is 129 Å². The minimum atomic E-state index is 0.228. The lowest BCUT2D eigenvalue weighted by Gasteiger charge is -2.31. The van der Waals surface area contributed by atoms with Gasteiger partial charge in [-0.05, 0) is 11.6 Å². The number of hydrogen-bond donors (Lipinski definition) is 1. The van der Waals surface area contributed by atoms with E-state index in [9.17, 15) is 4.79 Å². The maximum Gasteiger partial charge on any atom is 0.236 e. The molecular formula is C17H21N3O2. The summed E-state index contributed by atoms with van der Waals surface area (Å²) >= 11 is 0. The summed E-state index contributed by atoms with van der Waals surface area (Å²) in [7, 11) is 0. The molecule has 3 heterocycles. The summed E-state index contributed by atoms with van der Waals surface area (Å²) in [5, 5.41) is 1.29. The van der Waals surface area contributed by atoms with Crippen molar-refractivity contribution in [1.82, 2.24) is 14.8 Å². The molecule has 0 radical (unpaired) electrons. The molecule has 1 aromatic heterocycles. The van der Waals surface area contributed by atoms with Crippen molar-refractivity contribution in [3.05, 3.63) is 35.5 Å². The van der Waals surface area contributed by atoms with E-state index in [-0.39, 0.29) is 5.91 Å².